The fraction of sp³-hybridized carbons (Fsp3) is 0. The molecular weight excluding hydrogens is 280 g/mol. The second-order valence-corrected chi connectivity index (χ2v) is 5.63. The van der Waals surface area contributed by atoms with Crippen LogP contribution in [0.15, 0.2) is 64.4 Å². The van der Waals surface area contributed by atoms with Gasteiger partial charge in [-0.1, -0.05) is 36.4 Å². The first-order chi connectivity index (χ1) is 10.3. The van der Waals surface area contributed by atoms with E-state index in [2.05, 4.69) is 4.98 Å². The standard InChI is InChI=1S/C17H12N2OS/c18-13-7-3-2-6-12(13)14-10-21-17(19-14)16-9-11-5-1-4-8-15(11)20-16/h1-10H,18H2. The van der Waals surface area contributed by atoms with Crippen LogP contribution >= 0.6 is 11.3 Å². The Morgan fingerprint density at radius 1 is 1.00 bits per heavy atom. The highest BCUT2D eigenvalue weighted by Gasteiger charge is 2.12. The lowest BCUT2D eigenvalue weighted by Gasteiger charge is -2.00. The van der Waals surface area contributed by atoms with Crippen molar-refractivity contribution in [2.75, 3.05) is 5.73 Å². The zero-order valence-corrected chi connectivity index (χ0v) is 11.9. The Morgan fingerprint density at radius 3 is 2.67 bits per heavy atom. The van der Waals surface area contributed by atoms with Crippen LogP contribution in [-0.2, 0) is 0 Å². The van der Waals surface area contributed by atoms with Crippen LogP contribution in [0.3, 0.4) is 0 Å². The van der Waals surface area contributed by atoms with E-state index < -0.39 is 0 Å². The van der Waals surface area contributed by atoms with Gasteiger partial charge in [0.25, 0.3) is 0 Å². The molecule has 0 saturated carbocycles. The average Bonchev–Trinajstić information content (AvgIpc) is 3.14. The third-order valence-corrected chi connectivity index (χ3v) is 4.23. The van der Waals surface area contributed by atoms with Gasteiger partial charge in [0.05, 0.1) is 5.69 Å². The lowest BCUT2D eigenvalue weighted by Crippen LogP contribution is -1.89. The maximum atomic E-state index is 6.00. The molecule has 0 aliphatic heterocycles. The Balaban J connectivity index is 1.79. The van der Waals surface area contributed by atoms with Gasteiger partial charge in [-0.05, 0) is 18.2 Å². The molecule has 2 aromatic carbocycles. The highest BCUT2D eigenvalue weighted by Crippen LogP contribution is 2.34. The first-order valence-electron chi connectivity index (χ1n) is 6.60. The summed E-state index contributed by atoms with van der Waals surface area (Å²) in [4.78, 5) is 4.65. The number of thiazole rings is 1. The lowest BCUT2D eigenvalue weighted by molar-refractivity contribution is 0.631. The molecule has 4 heteroatoms. The summed E-state index contributed by atoms with van der Waals surface area (Å²) in [6.07, 6.45) is 0. The number of nitrogen functional groups attached to an aromatic ring is 1. The molecule has 0 spiro atoms. The van der Waals surface area contributed by atoms with E-state index in [1.165, 1.54) is 0 Å². The van der Waals surface area contributed by atoms with Gasteiger partial charge in [0, 0.05) is 22.0 Å². The number of hydrogen-bond donors (Lipinski definition) is 1. The molecule has 0 unspecified atom stereocenters. The molecule has 0 atom stereocenters. The van der Waals surface area contributed by atoms with Gasteiger partial charge in [0.1, 0.15) is 5.58 Å². The molecule has 2 heterocycles. The Kier molecular flexibility index (Phi) is 2.75. The summed E-state index contributed by atoms with van der Waals surface area (Å²) < 4.78 is 5.85. The van der Waals surface area contributed by atoms with E-state index in [9.17, 15) is 0 Å². The van der Waals surface area contributed by atoms with Crippen molar-refractivity contribution >= 4 is 28.0 Å². The number of rotatable bonds is 2. The minimum atomic E-state index is 0.735. The van der Waals surface area contributed by atoms with E-state index in [1.807, 2.05) is 60.0 Å². The summed E-state index contributed by atoms with van der Waals surface area (Å²) in [5.74, 6) is 0.793. The molecule has 2 aromatic heterocycles. The van der Waals surface area contributed by atoms with Gasteiger partial charge in [-0.3, -0.25) is 0 Å². The van der Waals surface area contributed by atoms with Crippen molar-refractivity contribution < 1.29 is 4.42 Å². The van der Waals surface area contributed by atoms with Gasteiger partial charge in [0.2, 0.25) is 0 Å². The molecule has 0 radical (unpaired) electrons. The molecule has 0 aliphatic carbocycles. The number of para-hydroxylation sites is 2. The quantitative estimate of drug-likeness (QED) is 0.540. The molecule has 4 aromatic rings. The van der Waals surface area contributed by atoms with Crippen LogP contribution < -0.4 is 5.73 Å². The van der Waals surface area contributed by atoms with E-state index in [4.69, 9.17) is 10.2 Å². The number of hydrogen-bond acceptors (Lipinski definition) is 4. The Morgan fingerprint density at radius 2 is 1.81 bits per heavy atom. The van der Waals surface area contributed by atoms with Crippen molar-refractivity contribution in [1.82, 2.24) is 4.98 Å². The van der Waals surface area contributed by atoms with Gasteiger partial charge in [-0.25, -0.2) is 4.98 Å². The van der Waals surface area contributed by atoms with Crippen LogP contribution in [0, 0.1) is 0 Å². The summed E-state index contributed by atoms with van der Waals surface area (Å²) >= 11 is 1.56. The second-order valence-electron chi connectivity index (χ2n) is 4.77. The summed E-state index contributed by atoms with van der Waals surface area (Å²) in [7, 11) is 0. The third kappa shape index (κ3) is 2.10. The summed E-state index contributed by atoms with van der Waals surface area (Å²) in [5.41, 5.74) is 9.45. The number of furan rings is 1. The number of nitrogens with zero attached hydrogens (tertiary/aromatic N) is 1. The fourth-order valence-electron chi connectivity index (χ4n) is 2.33. The van der Waals surface area contributed by atoms with Crippen LogP contribution in [-0.4, -0.2) is 4.98 Å². The van der Waals surface area contributed by atoms with Crippen molar-refractivity contribution in [2.45, 2.75) is 0 Å². The van der Waals surface area contributed by atoms with Crippen molar-refractivity contribution in [3.8, 4) is 22.0 Å². The molecule has 0 bridgehead atoms. The number of benzene rings is 2. The normalized spacial score (nSPS) is 11.0. The van der Waals surface area contributed by atoms with Crippen molar-refractivity contribution in [1.29, 1.82) is 0 Å². The van der Waals surface area contributed by atoms with Crippen LogP contribution in [0.2, 0.25) is 0 Å². The number of aromatic nitrogens is 1. The maximum Gasteiger partial charge on any atom is 0.164 e. The monoisotopic (exact) mass is 292 g/mol. The van der Waals surface area contributed by atoms with E-state index in [1.54, 1.807) is 11.3 Å². The van der Waals surface area contributed by atoms with Gasteiger partial charge < -0.3 is 10.2 Å². The molecule has 3 nitrogen and oxygen atoms in total. The molecule has 0 saturated heterocycles. The number of nitrogens with two attached hydrogens (primary N) is 1. The van der Waals surface area contributed by atoms with Gasteiger partial charge in [-0.15, -0.1) is 11.3 Å². The van der Waals surface area contributed by atoms with Gasteiger partial charge in [-0.2, -0.15) is 0 Å². The topological polar surface area (TPSA) is 52.0 Å². The van der Waals surface area contributed by atoms with E-state index >= 15 is 0 Å². The fourth-order valence-corrected chi connectivity index (χ4v) is 3.10. The Hall–Kier alpha value is -2.59. The summed E-state index contributed by atoms with van der Waals surface area (Å²) in [5, 5.41) is 3.96. The molecule has 0 fully saturated rings. The van der Waals surface area contributed by atoms with E-state index in [-0.39, 0.29) is 0 Å². The Labute approximate surface area is 125 Å². The summed E-state index contributed by atoms with van der Waals surface area (Å²) in [6, 6.07) is 17.7. The van der Waals surface area contributed by atoms with Crippen LogP contribution in [0.5, 0.6) is 0 Å². The van der Waals surface area contributed by atoms with Crippen molar-refractivity contribution in [2.24, 2.45) is 0 Å². The molecular formula is C17H12N2OS. The molecule has 0 aliphatic rings. The smallest absolute Gasteiger partial charge is 0.164 e. The number of fused-ring (bicyclic) bond motifs is 1. The van der Waals surface area contributed by atoms with Gasteiger partial charge >= 0.3 is 0 Å². The SMILES string of the molecule is Nc1ccccc1-c1csc(-c2cc3ccccc3o2)n1. The highest BCUT2D eigenvalue weighted by molar-refractivity contribution is 7.13. The Bertz CT molecular complexity index is 890. The predicted molar refractivity (Wildman–Crippen MR) is 87.2 cm³/mol. The molecule has 102 valence electrons. The highest BCUT2D eigenvalue weighted by atomic mass is 32.1. The largest absolute Gasteiger partial charge is 0.454 e. The van der Waals surface area contributed by atoms with Crippen LogP contribution in [0.4, 0.5) is 5.69 Å². The zero-order valence-electron chi connectivity index (χ0n) is 11.1. The predicted octanol–water partition coefficient (Wildman–Crippen LogP) is 4.81. The average molecular weight is 292 g/mol. The van der Waals surface area contributed by atoms with Crippen molar-refractivity contribution in [3.05, 3.63) is 60.0 Å². The molecule has 21 heavy (non-hydrogen) atoms. The van der Waals surface area contributed by atoms with Gasteiger partial charge in [0.15, 0.2) is 10.8 Å². The lowest BCUT2D eigenvalue weighted by atomic mass is 10.1. The molecule has 4 rings (SSSR count). The number of anilines is 1. The first-order valence-corrected chi connectivity index (χ1v) is 7.48. The minimum absolute atomic E-state index is 0.735. The maximum absolute atomic E-state index is 6.00. The minimum Gasteiger partial charge on any atom is -0.454 e. The summed E-state index contributed by atoms with van der Waals surface area (Å²) in [6.45, 7) is 0. The van der Waals surface area contributed by atoms with Crippen molar-refractivity contribution in [3.63, 3.8) is 0 Å². The first kappa shape index (κ1) is 12.2. The van der Waals surface area contributed by atoms with E-state index in [0.717, 1.165) is 38.7 Å². The zero-order chi connectivity index (χ0) is 14.2. The van der Waals surface area contributed by atoms with Crippen LogP contribution in [0.1, 0.15) is 0 Å². The second kappa shape index (κ2) is 4.75. The molecule has 0 amide bonds. The van der Waals surface area contributed by atoms with E-state index in [0.29, 0.717) is 0 Å². The molecule has 2 N–H and O–H groups in total. The third-order valence-electron chi connectivity index (χ3n) is 3.38. The van der Waals surface area contributed by atoms with Crippen LogP contribution in [0.25, 0.3) is 33.0 Å².